The van der Waals surface area contributed by atoms with Gasteiger partial charge in [-0.05, 0) is 13.3 Å². The number of carbonyl (C=O) groups excluding carboxylic acids is 7. The Hall–Kier alpha value is -6.82. The number of unbranched alkanes of at least 4 members (excludes halogenated alkanes) is 1. The fourth-order valence-corrected chi connectivity index (χ4v) is 10.1. The van der Waals surface area contributed by atoms with Crippen LogP contribution in [0.5, 0.6) is 0 Å². The van der Waals surface area contributed by atoms with Crippen molar-refractivity contribution in [2.75, 3.05) is 321 Å². The molecule has 43 heteroatoms. The fourth-order valence-electron chi connectivity index (χ4n) is 10.1. The number of aliphatic hydroxyl groups is 1. The van der Waals surface area contributed by atoms with E-state index >= 15 is 0 Å². The minimum Gasteiger partial charge on any atom is -0.550 e. The summed E-state index contributed by atoms with van der Waals surface area (Å²) in [5, 5.41) is 109. The average Bonchev–Trinajstić information content (AvgIpc) is 0.799. The quantitative estimate of drug-likeness (QED) is 0.0255. The number of rotatable bonds is 37. The van der Waals surface area contributed by atoms with Crippen molar-refractivity contribution in [1.29, 1.82) is 0 Å². The predicted molar refractivity (Wildman–Crippen MR) is 480 cm³/mol. The van der Waals surface area contributed by atoms with Gasteiger partial charge in [0.1, 0.15) is 30.6 Å². The maximum absolute atomic E-state index is 12.1. The summed E-state index contributed by atoms with van der Waals surface area (Å²) < 4.78 is 4.11. The molecule has 0 heterocycles. The van der Waals surface area contributed by atoms with Gasteiger partial charge in [0, 0.05) is 52.4 Å². The van der Waals surface area contributed by atoms with E-state index in [1.54, 1.807) is 113 Å². The Morgan fingerprint density at radius 2 is 0.654 bits per heavy atom. The van der Waals surface area contributed by atoms with Gasteiger partial charge in [0.25, 0.3) is 0 Å². The summed E-state index contributed by atoms with van der Waals surface area (Å²) in [6.45, 7) is 13.6. The average molecular weight is 1880 g/mol. The second-order valence-corrected chi connectivity index (χ2v) is 44.5. The Labute approximate surface area is 790 Å². The molecule has 0 fully saturated rings. The zero-order valence-corrected chi connectivity index (χ0v) is 89.3. The van der Waals surface area contributed by atoms with Crippen LogP contribution in [0.2, 0.25) is 0 Å². The third kappa shape index (κ3) is 74.5. The van der Waals surface area contributed by atoms with Crippen molar-refractivity contribution >= 4 is 133 Å². The molecule has 0 aliphatic heterocycles. The van der Waals surface area contributed by atoms with Crippen LogP contribution in [0.4, 0.5) is 4.79 Å². The predicted octanol–water partition coefficient (Wildman–Crippen LogP) is -1.31. The number of carboxylic acids is 11. The van der Waals surface area contributed by atoms with Crippen molar-refractivity contribution in [3.63, 3.8) is 0 Å². The normalized spacial score (nSPS) is 14.2. The number of hydrogen-bond acceptors (Lipinski definition) is 19. The first-order valence-electron chi connectivity index (χ1n) is 40.8. The second-order valence-electron chi connectivity index (χ2n) is 44.5. The zero-order valence-electron chi connectivity index (χ0n) is 87.1. The molecule has 0 saturated heterocycles. The van der Waals surface area contributed by atoms with E-state index < -0.39 is 111 Å². The van der Waals surface area contributed by atoms with Crippen molar-refractivity contribution in [1.82, 2.24) is 0 Å². The minimum atomic E-state index is -1.58. The molecule has 127 heavy (non-hydrogen) atoms. The number of hydrogen-bond donors (Lipinski definition) is 10. The summed E-state index contributed by atoms with van der Waals surface area (Å²) >= 11 is 0. The number of aliphatic carboxylic acids is 11. The first-order valence-corrected chi connectivity index (χ1v) is 40.8. The summed E-state index contributed by atoms with van der Waals surface area (Å²) in [7, 11) is 70.8. The summed E-state index contributed by atoms with van der Waals surface area (Å²) in [4.78, 5) is 175. The van der Waals surface area contributed by atoms with Crippen LogP contribution in [0.25, 0.3) is 0 Å². The number of urea groups is 1. The van der Waals surface area contributed by atoms with E-state index in [1.165, 1.54) is 47.7 Å². The van der Waals surface area contributed by atoms with E-state index in [-0.39, 0.29) is 136 Å². The summed E-state index contributed by atoms with van der Waals surface area (Å²) in [5.41, 5.74) is -4.77. The Morgan fingerprint density at radius 1 is 0.339 bits per heavy atom. The molecule has 10 N–H and O–H groups in total. The van der Waals surface area contributed by atoms with Crippen LogP contribution < -0.4 is 10.2 Å². The molecule has 0 spiro atoms. The van der Waals surface area contributed by atoms with E-state index in [1.807, 2.05) is 127 Å². The molecule has 0 aromatic rings. The molecule has 6 amide bonds. The third-order valence-electron chi connectivity index (χ3n) is 19.3. The van der Waals surface area contributed by atoms with Gasteiger partial charge in [-0.15, -0.1) is 0 Å². The van der Waals surface area contributed by atoms with Crippen LogP contribution in [-0.4, -0.2) is 596 Å². The summed E-state index contributed by atoms with van der Waals surface area (Å²) in [5.74, 6) is -11.2. The van der Waals surface area contributed by atoms with E-state index in [9.17, 15) is 97.1 Å². The van der Waals surface area contributed by atoms with E-state index in [4.69, 9.17) is 40.9 Å². The van der Waals surface area contributed by atoms with Crippen molar-refractivity contribution in [3.8, 4) is 0 Å². The van der Waals surface area contributed by atoms with Gasteiger partial charge in [-0.3, -0.25) is 37.1 Å². The van der Waals surface area contributed by atoms with Crippen LogP contribution >= 0.6 is 0 Å². The van der Waals surface area contributed by atoms with Gasteiger partial charge in [0.2, 0.25) is 11.1 Å². The maximum atomic E-state index is 12.1. The van der Waals surface area contributed by atoms with Crippen LogP contribution in [0.3, 0.4) is 0 Å². The second kappa shape index (κ2) is 57.5. The number of carbonyl (C=O) groups is 16. The number of quaternary nitrogens is 14. The van der Waals surface area contributed by atoms with Crippen LogP contribution in [0.15, 0.2) is 0 Å². The van der Waals surface area contributed by atoms with Crippen molar-refractivity contribution in [2.45, 2.75) is 140 Å². The molecular weight excluding hydrogens is 1690 g/mol. The van der Waals surface area contributed by atoms with Gasteiger partial charge in [-0.1, -0.05) is 13.3 Å². The largest absolute Gasteiger partial charge is 2.00 e. The Kier molecular flexibility index (Phi) is 64.8. The molecule has 0 aromatic carbocycles. The fraction of sp³-hybridized carbons (Fsp3) is 0.810. The molecule has 5 atom stereocenters. The molecule has 0 aliphatic carbocycles. The maximum Gasteiger partial charge on any atom is 2.00 e. The van der Waals surface area contributed by atoms with Crippen molar-refractivity contribution in [2.24, 2.45) is 0 Å². The molecule has 0 aromatic heterocycles. The van der Waals surface area contributed by atoms with Crippen molar-refractivity contribution in [3.05, 3.63) is 0 Å². The molecular formula is C84H182CaN14O28+14. The van der Waals surface area contributed by atoms with Gasteiger partial charge in [-0.25, -0.2) is 52.1 Å². The van der Waals surface area contributed by atoms with E-state index in [2.05, 4.69) is 42.2 Å². The Bertz CT molecular complexity index is 3470. The first kappa shape index (κ1) is 143. The van der Waals surface area contributed by atoms with Gasteiger partial charge in [0.05, 0.1) is 321 Å². The van der Waals surface area contributed by atoms with Crippen molar-refractivity contribution < 1.29 is 201 Å². The molecule has 0 bridgehead atoms. The molecule has 0 saturated carbocycles. The SMILES string of the molecule is CC(=O)[N+](C)(C)C(C)(CCC(=O)[N+](C)(C)C)C(=O)O.CC(CC(=O)O)(C(=O)O)[N+](C)(C)C.CC(CCC(=O)O)(C(=O)O)[N+](C)(C)C.CC(O)(CC(=O)O)C[N+](C)(C)C.CCCC[N+](C)(C)CC(=O)[N+](C)(C)C.C[N+](C)(C)C(=O)[N+](C)(C)C(CC(=O)[O-])C(=O)[O-].C[N+](C)(C)CC(=O)O.C[N+](C)(C)CC(=O)O.C[N+](C)(C)CC(=O)[N+](C)(C)C.C[N+](C)(C)CCCC(=O)O.[Ca+2]. The minimum absolute atomic E-state index is 0. The van der Waals surface area contributed by atoms with Gasteiger partial charge < -0.3 is 107 Å². The summed E-state index contributed by atoms with van der Waals surface area (Å²) in [6.07, 6.45) is 2.34. The Morgan fingerprint density at radius 3 is 0.850 bits per heavy atom. The molecule has 5 unspecified atom stereocenters. The first-order chi connectivity index (χ1) is 54.6. The number of likely N-dealkylation sites (N-methyl/N-ethyl adjacent to an activating group) is 11. The van der Waals surface area contributed by atoms with Crippen LogP contribution in [0, 0.1) is 0 Å². The van der Waals surface area contributed by atoms with Gasteiger partial charge >= 0.3 is 121 Å². The summed E-state index contributed by atoms with van der Waals surface area (Å²) in [6, 6.07) is -1.91. The molecule has 0 radical (unpaired) electrons. The smallest absolute Gasteiger partial charge is 0.550 e. The standard InChI is InChI=1S/C13H25N2O4.C11H26N2O.C10H18N2O5.C9H17NO4.C8H20N2O.C8H15NO4.C8H17NO3.C7H15NO2.2C5H11NO2.Ca/c1-10(16)15(6,7)13(2,12(18)19)9-8-11(17)14(3,4)5;1-7-8-9-13(5,6)10-11(14)12(2,3)4;1-11(2,3)10(17)12(4,5)7(9(15)16)6-8(13)14;1-9(8(13)14,10(2,3)4)6-5-7(11)12;1-9(2,3)7-8(11)10(4,5)6;1-8(7(12)13,5-6(10)11)9(2,3)4;1-8(12,5-7(10)11)6-9(2,3)4;1-8(2,3)6-4-5-7(9)10;2*1-6(2,3)4-5(7)8;/h8-9H2,1-7H3;7-10H2,1-6H3;7H,6H2,1-5H3;5-6H2,1-4H3,(H-,11,12,13,14);7H2,1-6H3;5H2,1-4H3,(H-,10,11,12,13);12H,5-6H2,1-4H3;4-6H2,1-3H3;2*4H2,1-3H3;/q+1;+2;;;+2;;;;;;+2/p+7. The third-order valence-corrected chi connectivity index (χ3v) is 19.3. The van der Waals surface area contributed by atoms with Gasteiger partial charge in [-0.2, -0.15) is 4.79 Å². The van der Waals surface area contributed by atoms with E-state index in [0.29, 0.717) is 52.4 Å². The molecule has 0 rings (SSSR count). The molecule has 744 valence electrons. The zero-order chi connectivity index (χ0) is 105. The van der Waals surface area contributed by atoms with Crippen LogP contribution in [-0.2, 0) is 71.9 Å². The Balaban J connectivity index is -0.000000132. The molecule has 0 aliphatic rings. The van der Waals surface area contributed by atoms with Gasteiger partial charge in [0.15, 0.2) is 31.7 Å². The number of nitrogens with zero attached hydrogens (tertiary/aromatic N) is 14. The van der Waals surface area contributed by atoms with Crippen LogP contribution in [0.1, 0.15) is 112 Å². The topological polar surface area (TPSA) is 522 Å². The number of amides is 6. The van der Waals surface area contributed by atoms with E-state index in [0.717, 1.165) is 28.5 Å². The molecule has 42 nitrogen and oxygen atoms in total. The number of carboxylic acid groups (broad SMARTS) is 11. The monoisotopic (exact) mass is 1880 g/mol.